The summed E-state index contributed by atoms with van der Waals surface area (Å²) in [6.07, 6.45) is 4.00. The van der Waals surface area contributed by atoms with Gasteiger partial charge in [0.05, 0.1) is 6.20 Å². The molecule has 92 valence electrons. The summed E-state index contributed by atoms with van der Waals surface area (Å²) in [4.78, 5) is 15.3. The van der Waals surface area contributed by atoms with E-state index in [-0.39, 0.29) is 4.88 Å². The molecule has 1 aromatic carbocycles. The van der Waals surface area contributed by atoms with Crippen molar-refractivity contribution in [1.82, 2.24) is 4.98 Å². The van der Waals surface area contributed by atoms with Crippen LogP contribution in [0, 0.1) is 6.92 Å². The molecule has 2 rings (SSSR count). The Bertz CT molecular complexity index is 602. The summed E-state index contributed by atoms with van der Waals surface area (Å²) in [6, 6.07) is 5.96. The molecule has 0 radical (unpaired) electrons. The molecule has 0 amide bonds. The number of thiazole rings is 1. The molecule has 0 atom stereocenters. The van der Waals surface area contributed by atoms with Crippen molar-refractivity contribution in [3.8, 4) is 10.6 Å². The van der Waals surface area contributed by atoms with Gasteiger partial charge in [-0.1, -0.05) is 24.3 Å². The molecule has 1 heterocycles. The summed E-state index contributed by atoms with van der Waals surface area (Å²) >= 11 is 1.20. The number of carboxylic acid groups (broad SMARTS) is 1. The standard InChI is InChI=1S/C14H13NO2S/c1-3-5-10-9(2)6-4-7-11(10)13-15-8-12(18-13)14(16)17/h3-4,6-8H,1,5H2,2H3,(H,16,17). The van der Waals surface area contributed by atoms with Gasteiger partial charge in [-0.3, -0.25) is 0 Å². The van der Waals surface area contributed by atoms with Crippen molar-refractivity contribution in [2.45, 2.75) is 13.3 Å². The van der Waals surface area contributed by atoms with E-state index < -0.39 is 5.97 Å². The van der Waals surface area contributed by atoms with Gasteiger partial charge in [-0.25, -0.2) is 9.78 Å². The van der Waals surface area contributed by atoms with Crippen molar-refractivity contribution >= 4 is 17.3 Å². The van der Waals surface area contributed by atoms with Crippen LogP contribution in [-0.4, -0.2) is 16.1 Å². The minimum atomic E-state index is -0.934. The lowest BCUT2D eigenvalue weighted by Crippen LogP contribution is -1.91. The number of aryl methyl sites for hydroxylation is 1. The lowest BCUT2D eigenvalue weighted by Gasteiger charge is -2.08. The minimum Gasteiger partial charge on any atom is -0.477 e. The summed E-state index contributed by atoms with van der Waals surface area (Å²) in [5.41, 5.74) is 3.31. The predicted octanol–water partition coefficient (Wildman–Crippen LogP) is 3.55. The normalized spacial score (nSPS) is 10.3. The van der Waals surface area contributed by atoms with Crippen LogP contribution in [0.1, 0.15) is 20.8 Å². The van der Waals surface area contributed by atoms with Crippen molar-refractivity contribution in [1.29, 1.82) is 0 Å². The van der Waals surface area contributed by atoms with Crippen LogP contribution < -0.4 is 0 Å². The number of hydrogen-bond donors (Lipinski definition) is 1. The fraction of sp³-hybridized carbons (Fsp3) is 0.143. The van der Waals surface area contributed by atoms with E-state index in [9.17, 15) is 4.79 Å². The van der Waals surface area contributed by atoms with E-state index in [2.05, 4.69) is 11.6 Å². The molecule has 4 heteroatoms. The van der Waals surface area contributed by atoms with E-state index >= 15 is 0 Å². The van der Waals surface area contributed by atoms with Crippen molar-refractivity contribution in [3.63, 3.8) is 0 Å². The van der Waals surface area contributed by atoms with Gasteiger partial charge in [-0.15, -0.1) is 17.9 Å². The lowest BCUT2D eigenvalue weighted by molar-refractivity contribution is 0.0702. The van der Waals surface area contributed by atoms with E-state index in [0.717, 1.165) is 22.6 Å². The Balaban J connectivity index is 2.52. The number of aromatic nitrogens is 1. The van der Waals surface area contributed by atoms with Gasteiger partial charge < -0.3 is 5.11 Å². The highest BCUT2D eigenvalue weighted by Gasteiger charge is 2.13. The molecule has 0 bridgehead atoms. The van der Waals surface area contributed by atoms with Crippen molar-refractivity contribution in [2.75, 3.05) is 0 Å². The largest absolute Gasteiger partial charge is 0.477 e. The van der Waals surface area contributed by atoms with Crippen molar-refractivity contribution in [3.05, 3.63) is 53.1 Å². The molecular formula is C14H13NO2S. The number of nitrogens with zero attached hydrogens (tertiary/aromatic N) is 1. The second-order valence-electron chi connectivity index (χ2n) is 3.93. The van der Waals surface area contributed by atoms with Gasteiger partial charge in [0.15, 0.2) is 0 Å². The molecule has 18 heavy (non-hydrogen) atoms. The summed E-state index contributed by atoms with van der Waals surface area (Å²) in [6.45, 7) is 5.79. The zero-order valence-electron chi connectivity index (χ0n) is 10.0. The molecule has 0 aliphatic heterocycles. The second kappa shape index (κ2) is 5.14. The molecule has 0 fully saturated rings. The van der Waals surface area contributed by atoms with E-state index in [1.807, 2.05) is 31.2 Å². The van der Waals surface area contributed by atoms with Crippen LogP contribution in [0.5, 0.6) is 0 Å². The van der Waals surface area contributed by atoms with Gasteiger partial charge in [-0.2, -0.15) is 0 Å². The lowest BCUT2D eigenvalue weighted by atomic mass is 9.99. The number of rotatable bonds is 4. The summed E-state index contributed by atoms with van der Waals surface area (Å²) in [7, 11) is 0. The van der Waals surface area contributed by atoms with Crippen molar-refractivity contribution < 1.29 is 9.90 Å². The number of carboxylic acids is 1. The molecule has 0 aliphatic carbocycles. The van der Waals surface area contributed by atoms with Crippen molar-refractivity contribution in [2.24, 2.45) is 0 Å². The number of hydrogen-bond acceptors (Lipinski definition) is 3. The zero-order chi connectivity index (χ0) is 13.1. The summed E-state index contributed by atoms with van der Waals surface area (Å²) in [5.74, 6) is -0.934. The Morgan fingerprint density at radius 1 is 1.56 bits per heavy atom. The topological polar surface area (TPSA) is 50.2 Å². The first-order valence-electron chi connectivity index (χ1n) is 5.52. The van der Waals surface area contributed by atoms with Crippen LogP contribution in [0.15, 0.2) is 37.1 Å². The highest BCUT2D eigenvalue weighted by Crippen LogP contribution is 2.30. The van der Waals surface area contributed by atoms with Crippen LogP contribution in [0.25, 0.3) is 10.6 Å². The third kappa shape index (κ3) is 2.33. The van der Waals surface area contributed by atoms with Crippen LogP contribution >= 0.6 is 11.3 Å². The van der Waals surface area contributed by atoms with Gasteiger partial charge >= 0.3 is 5.97 Å². The first kappa shape index (κ1) is 12.5. The van der Waals surface area contributed by atoms with Gasteiger partial charge in [0, 0.05) is 5.56 Å². The Kier molecular flexibility index (Phi) is 3.58. The molecule has 1 aromatic heterocycles. The highest BCUT2D eigenvalue weighted by atomic mass is 32.1. The SMILES string of the molecule is C=CCc1c(C)cccc1-c1ncc(C(=O)O)s1. The molecule has 0 unspecified atom stereocenters. The third-order valence-electron chi connectivity index (χ3n) is 2.71. The average Bonchev–Trinajstić information content (AvgIpc) is 2.81. The van der Waals surface area contributed by atoms with Gasteiger partial charge in [0.25, 0.3) is 0 Å². The second-order valence-corrected chi connectivity index (χ2v) is 4.96. The molecule has 1 N–H and O–H groups in total. The molecule has 0 saturated heterocycles. The molecular weight excluding hydrogens is 246 g/mol. The molecule has 0 saturated carbocycles. The zero-order valence-corrected chi connectivity index (χ0v) is 10.8. The maximum atomic E-state index is 10.9. The minimum absolute atomic E-state index is 0.260. The summed E-state index contributed by atoms with van der Waals surface area (Å²) in [5, 5.41) is 9.67. The van der Waals surface area contributed by atoms with E-state index in [0.29, 0.717) is 0 Å². The Labute approximate surface area is 109 Å². The molecule has 0 spiro atoms. The average molecular weight is 259 g/mol. The maximum absolute atomic E-state index is 10.9. The highest BCUT2D eigenvalue weighted by molar-refractivity contribution is 7.16. The summed E-state index contributed by atoms with van der Waals surface area (Å²) < 4.78 is 0. The van der Waals surface area contributed by atoms with Gasteiger partial charge in [0.1, 0.15) is 9.88 Å². The first-order chi connectivity index (χ1) is 8.63. The number of benzene rings is 1. The van der Waals surface area contributed by atoms with E-state index in [4.69, 9.17) is 5.11 Å². The quantitative estimate of drug-likeness (QED) is 0.854. The third-order valence-corrected chi connectivity index (χ3v) is 3.72. The van der Waals surface area contributed by atoms with Crippen LogP contribution in [0.3, 0.4) is 0 Å². The predicted molar refractivity (Wildman–Crippen MR) is 73.1 cm³/mol. The van der Waals surface area contributed by atoms with Gasteiger partial charge in [0.2, 0.25) is 0 Å². The molecule has 3 nitrogen and oxygen atoms in total. The Morgan fingerprint density at radius 3 is 2.94 bits per heavy atom. The van der Waals surface area contributed by atoms with E-state index in [1.54, 1.807) is 0 Å². The number of aromatic carboxylic acids is 1. The van der Waals surface area contributed by atoms with Crippen LogP contribution in [0.2, 0.25) is 0 Å². The Hall–Kier alpha value is -1.94. The number of carbonyl (C=O) groups is 1. The number of allylic oxidation sites excluding steroid dienone is 1. The molecule has 2 aromatic rings. The Morgan fingerprint density at radius 2 is 2.33 bits per heavy atom. The smallest absolute Gasteiger partial charge is 0.347 e. The van der Waals surface area contributed by atoms with Gasteiger partial charge in [-0.05, 0) is 24.5 Å². The maximum Gasteiger partial charge on any atom is 0.347 e. The van der Waals surface area contributed by atoms with Crippen LogP contribution in [-0.2, 0) is 6.42 Å². The first-order valence-corrected chi connectivity index (χ1v) is 6.34. The monoisotopic (exact) mass is 259 g/mol. The fourth-order valence-electron chi connectivity index (χ4n) is 1.82. The van der Waals surface area contributed by atoms with Crippen LogP contribution in [0.4, 0.5) is 0 Å². The fourth-order valence-corrected chi connectivity index (χ4v) is 2.62. The molecule has 0 aliphatic rings. The van der Waals surface area contributed by atoms with E-state index in [1.165, 1.54) is 23.1 Å².